The number of halogens is 3. The van der Waals surface area contributed by atoms with Crippen LogP contribution in [0.2, 0.25) is 15.1 Å². The Balaban J connectivity index is 1.46. The molecule has 2 amide bonds. The Morgan fingerprint density at radius 3 is 2.48 bits per heavy atom. The molecule has 2 fully saturated rings. The van der Waals surface area contributed by atoms with Gasteiger partial charge in [0.25, 0.3) is 0 Å². The Labute approximate surface area is 251 Å². The largest absolute Gasteiger partial charge is 0.444 e. The Bertz CT molecular complexity index is 1260. The van der Waals surface area contributed by atoms with Gasteiger partial charge >= 0.3 is 6.09 Å². The first-order chi connectivity index (χ1) is 18.7. The van der Waals surface area contributed by atoms with Crippen LogP contribution in [0, 0.1) is 0 Å². The summed E-state index contributed by atoms with van der Waals surface area (Å²) in [5.74, 6) is 0.960. The van der Waals surface area contributed by atoms with Gasteiger partial charge in [-0.05, 0) is 72.1 Å². The zero-order valence-corrected chi connectivity index (χ0v) is 26.0. The van der Waals surface area contributed by atoms with Crippen molar-refractivity contribution in [1.82, 2.24) is 19.8 Å². The highest BCUT2D eigenvalue weighted by atomic mass is 35.5. The lowest BCUT2D eigenvalue weighted by atomic mass is 10.1. The molecule has 12 heteroatoms. The molecular formula is C28H37Cl3N6O3. The summed E-state index contributed by atoms with van der Waals surface area (Å²) in [6.45, 7) is 13.0. The van der Waals surface area contributed by atoms with Crippen molar-refractivity contribution in [2.45, 2.75) is 84.2 Å². The maximum absolute atomic E-state index is 13.7. The molecule has 2 saturated heterocycles. The molecule has 0 radical (unpaired) electrons. The van der Waals surface area contributed by atoms with E-state index in [0.717, 1.165) is 12.0 Å². The maximum Gasteiger partial charge on any atom is 0.410 e. The Kier molecular flexibility index (Phi) is 9.27. The number of aromatic nitrogens is 2. The van der Waals surface area contributed by atoms with Crippen molar-refractivity contribution in [3.8, 4) is 0 Å². The van der Waals surface area contributed by atoms with E-state index >= 15 is 0 Å². The Morgan fingerprint density at radius 2 is 1.80 bits per heavy atom. The molecule has 4 rings (SSSR count). The fraction of sp³-hybridized carbons (Fsp3) is 0.571. The highest BCUT2D eigenvalue weighted by molar-refractivity contribution is 6.35. The second-order valence-corrected chi connectivity index (χ2v) is 12.8. The summed E-state index contributed by atoms with van der Waals surface area (Å²) >= 11 is 18.9. The summed E-state index contributed by atoms with van der Waals surface area (Å²) in [6.07, 6.45) is 2.54. The molecule has 4 atom stereocenters. The molecule has 1 N–H and O–H groups in total. The smallest absolute Gasteiger partial charge is 0.410 e. The number of hydrogen-bond acceptors (Lipinski definition) is 7. The monoisotopic (exact) mass is 610 g/mol. The lowest BCUT2D eigenvalue weighted by Crippen LogP contribution is -2.61. The predicted octanol–water partition coefficient (Wildman–Crippen LogP) is 6.44. The Morgan fingerprint density at radius 1 is 1.07 bits per heavy atom. The number of hydrogen-bond donors (Lipinski definition) is 1. The summed E-state index contributed by atoms with van der Waals surface area (Å²) in [7, 11) is 0. The van der Waals surface area contributed by atoms with Crippen LogP contribution < -0.4 is 10.2 Å². The summed E-state index contributed by atoms with van der Waals surface area (Å²) in [5, 5.41) is 4.84. The molecule has 3 heterocycles. The fourth-order valence-electron chi connectivity index (χ4n) is 5.20. The predicted molar refractivity (Wildman–Crippen MR) is 159 cm³/mol. The van der Waals surface area contributed by atoms with E-state index in [0.29, 0.717) is 52.9 Å². The van der Waals surface area contributed by atoms with Gasteiger partial charge in [0.1, 0.15) is 16.7 Å². The summed E-state index contributed by atoms with van der Waals surface area (Å²) in [4.78, 5) is 41.2. The van der Waals surface area contributed by atoms with Gasteiger partial charge in [0, 0.05) is 41.8 Å². The fourth-order valence-corrected chi connectivity index (χ4v) is 5.92. The van der Waals surface area contributed by atoms with E-state index in [2.05, 4.69) is 15.2 Å². The van der Waals surface area contributed by atoms with E-state index in [4.69, 9.17) is 44.5 Å². The van der Waals surface area contributed by atoms with E-state index in [1.807, 2.05) is 52.5 Å². The van der Waals surface area contributed by atoms with Crippen LogP contribution >= 0.6 is 34.8 Å². The first-order valence-corrected chi connectivity index (χ1v) is 14.7. The lowest BCUT2D eigenvalue weighted by Gasteiger charge is -2.45. The third kappa shape index (κ3) is 6.86. The number of nitrogens with one attached hydrogen (secondary N) is 1. The molecule has 1 aromatic heterocycles. The van der Waals surface area contributed by atoms with Crippen molar-refractivity contribution in [2.75, 3.05) is 29.9 Å². The SMILES string of the molecule is C[C@@H]1CN(c2ncc(Cl)c(N[C@H](C)c3ccc(Cl)cc3Cl)n2)[C@@H](C)CN1C(=O)[C@H]1CCCN1C(=O)OC(C)(C)C. The molecule has 9 nitrogen and oxygen atoms in total. The van der Waals surface area contributed by atoms with E-state index in [9.17, 15) is 9.59 Å². The van der Waals surface area contributed by atoms with Crippen molar-refractivity contribution in [3.63, 3.8) is 0 Å². The second kappa shape index (κ2) is 12.2. The van der Waals surface area contributed by atoms with Crippen LogP contribution in [0.25, 0.3) is 0 Å². The number of piperazine rings is 1. The number of nitrogens with zero attached hydrogens (tertiary/aromatic N) is 5. The van der Waals surface area contributed by atoms with E-state index < -0.39 is 17.7 Å². The van der Waals surface area contributed by atoms with Crippen molar-refractivity contribution in [1.29, 1.82) is 0 Å². The van der Waals surface area contributed by atoms with E-state index in [1.165, 1.54) is 0 Å². The lowest BCUT2D eigenvalue weighted by molar-refractivity contribution is -0.139. The number of carbonyl (C=O) groups is 2. The van der Waals surface area contributed by atoms with Crippen LogP contribution in [-0.4, -0.2) is 75.1 Å². The molecular weight excluding hydrogens is 575 g/mol. The standard InChI is InChI=1S/C28H37Cl3N6O3/c1-16-15-37(17(2)14-36(16)25(38)23-8-7-11-35(23)27(39)40-28(4,5)6)26-32-13-22(31)24(34-26)33-18(3)20-10-9-19(29)12-21(20)30/h9-10,12-13,16-18,23H,7-8,11,14-15H2,1-6H3,(H,32,33,34)/t16-,17+,18-,23-/m1/s1. The third-order valence-corrected chi connectivity index (χ3v) is 8.04. The minimum Gasteiger partial charge on any atom is -0.444 e. The van der Waals surface area contributed by atoms with Gasteiger partial charge in [-0.1, -0.05) is 40.9 Å². The first kappa shape index (κ1) is 30.5. The zero-order valence-electron chi connectivity index (χ0n) is 23.7. The highest BCUT2D eigenvalue weighted by Gasteiger charge is 2.42. The number of ether oxygens (including phenoxy) is 1. The van der Waals surface area contributed by atoms with Gasteiger partial charge in [0.2, 0.25) is 11.9 Å². The van der Waals surface area contributed by atoms with Gasteiger partial charge in [-0.15, -0.1) is 0 Å². The van der Waals surface area contributed by atoms with Crippen LogP contribution in [0.4, 0.5) is 16.6 Å². The number of rotatable bonds is 5. The molecule has 0 unspecified atom stereocenters. The van der Waals surface area contributed by atoms with Gasteiger partial charge in [0.05, 0.1) is 12.2 Å². The van der Waals surface area contributed by atoms with E-state index in [1.54, 1.807) is 23.2 Å². The van der Waals surface area contributed by atoms with Crippen LogP contribution in [-0.2, 0) is 9.53 Å². The summed E-state index contributed by atoms with van der Waals surface area (Å²) in [5.41, 5.74) is 0.245. The van der Waals surface area contributed by atoms with Crippen molar-refractivity contribution in [3.05, 3.63) is 45.0 Å². The number of carbonyl (C=O) groups excluding carboxylic acids is 2. The molecule has 2 aromatic rings. The minimum absolute atomic E-state index is 0.0459. The van der Waals surface area contributed by atoms with E-state index in [-0.39, 0.29) is 24.0 Å². The Hall–Kier alpha value is -2.49. The quantitative estimate of drug-likeness (QED) is 0.416. The minimum atomic E-state index is -0.619. The average Bonchev–Trinajstić information content (AvgIpc) is 3.35. The normalized spacial score (nSPS) is 22.3. The van der Waals surface area contributed by atoms with Gasteiger partial charge in [-0.2, -0.15) is 4.98 Å². The van der Waals surface area contributed by atoms with Gasteiger partial charge in [0.15, 0.2) is 5.82 Å². The molecule has 0 bridgehead atoms. The van der Waals surface area contributed by atoms with Crippen LogP contribution in [0.5, 0.6) is 0 Å². The van der Waals surface area contributed by atoms with Crippen LogP contribution in [0.15, 0.2) is 24.4 Å². The van der Waals surface area contributed by atoms with Gasteiger partial charge < -0.3 is 19.9 Å². The van der Waals surface area contributed by atoms with Gasteiger partial charge in [-0.25, -0.2) is 9.78 Å². The number of likely N-dealkylation sites (tertiary alicyclic amines) is 1. The number of benzene rings is 1. The summed E-state index contributed by atoms with van der Waals surface area (Å²) < 4.78 is 5.56. The first-order valence-electron chi connectivity index (χ1n) is 13.6. The van der Waals surface area contributed by atoms with Crippen LogP contribution in [0.3, 0.4) is 0 Å². The van der Waals surface area contributed by atoms with Gasteiger partial charge in [-0.3, -0.25) is 9.69 Å². The topological polar surface area (TPSA) is 90.9 Å². The molecule has 0 spiro atoms. The van der Waals surface area contributed by atoms with Crippen LogP contribution in [0.1, 0.15) is 66.0 Å². The highest BCUT2D eigenvalue weighted by Crippen LogP contribution is 2.32. The molecule has 218 valence electrons. The third-order valence-electron chi connectivity index (χ3n) is 7.21. The molecule has 1 aromatic carbocycles. The second-order valence-electron chi connectivity index (χ2n) is 11.6. The number of amides is 2. The number of anilines is 2. The summed E-state index contributed by atoms with van der Waals surface area (Å²) in [6, 6.07) is 4.48. The molecule has 2 aliphatic rings. The van der Waals surface area contributed by atoms with Crippen molar-refractivity contribution in [2.24, 2.45) is 0 Å². The van der Waals surface area contributed by atoms with Crippen molar-refractivity contribution >= 4 is 58.6 Å². The molecule has 0 aliphatic carbocycles. The van der Waals surface area contributed by atoms with Crippen molar-refractivity contribution < 1.29 is 14.3 Å². The molecule has 0 saturated carbocycles. The molecule has 2 aliphatic heterocycles. The average molecular weight is 612 g/mol. The zero-order chi connectivity index (χ0) is 29.4. The maximum atomic E-state index is 13.7. The molecule has 40 heavy (non-hydrogen) atoms.